The van der Waals surface area contributed by atoms with Crippen LogP contribution in [0.4, 0.5) is 0 Å². The fraction of sp³-hybridized carbons (Fsp3) is 0.647. The van der Waals surface area contributed by atoms with Crippen LogP contribution in [0.3, 0.4) is 0 Å². The lowest BCUT2D eigenvalue weighted by Gasteiger charge is -2.62. The van der Waals surface area contributed by atoms with E-state index in [9.17, 15) is 9.59 Å². The normalized spacial score (nSPS) is 42.2. The first-order valence-corrected chi connectivity index (χ1v) is 14.7. The molecule has 0 amide bonds. The van der Waals surface area contributed by atoms with Gasteiger partial charge in [-0.05, 0) is 47.5 Å². The van der Waals surface area contributed by atoms with Crippen molar-refractivity contribution in [2.75, 3.05) is 20.5 Å². The maximum Gasteiger partial charge on any atom is 0.305 e. The number of esters is 1. The molecule has 1 aromatic rings. The first-order valence-electron chi connectivity index (χ1n) is 14.7. The maximum atomic E-state index is 14.0. The predicted molar refractivity (Wildman–Crippen MR) is 152 cm³/mol. The van der Waals surface area contributed by atoms with Crippen molar-refractivity contribution in [3.8, 4) is 0 Å². The lowest BCUT2D eigenvalue weighted by atomic mass is 9.41. The molecule has 6 rings (SSSR count). The molecule has 3 fully saturated rings. The molecule has 5 aliphatic rings. The number of allylic oxidation sites excluding steroid dienone is 2. The van der Waals surface area contributed by atoms with Crippen molar-refractivity contribution in [1.29, 1.82) is 0 Å². The van der Waals surface area contributed by atoms with E-state index in [-0.39, 0.29) is 66.4 Å². The van der Waals surface area contributed by atoms with Crippen molar-refractivity contribution in [2.45, 2.75) is 91.0 Å². The van der Waals surface area contributed by atoms with Gasteiger partial charge >= 0.3 is 5.97 Å². The molecular weight excluding hydrogens is 504 g/mol. The van der Waals surface area contributed by atoms with Crippen LogP contribution in [0.1, 0.15) is 78.4 Å². The van der Waals surface area contributed by atoms with Gasteiger partial charge < -0.3 is 18.9 Å². The largest absolute Gasteiger partial charge is 0.469 e. The minimum absolute atomic E-state index is 0.0491. The van der Waals surface area contributed by atoms with Crippen LogP contribution >= 0.6 is 0 Å². The summed E-state index contributed by atoms with van der Waals surface area (Å²) in [5, 5.41) is 0. The van der Waals surface area contributed by atoms with E-state index in [1.54, 1.807) is 6.08 Å². The third-order valence-electron chi connectivity index (χ3n) is 11.3. The third kappa shape index (κ3) is 3.71. The molecule has 3 aliphatic carbocycles. The van der Waals surface area contributed by atoms with Crippen molar-refractivity contribution < 1.29 is 28.5 Å². The van der Waals surface area contributed by atoms with Gasteiger partial charge in [0.15, 0.2) is 5.78 Å². The molecule has 0 aromatic heterocycles. The number of methoxy groups -OCH3 is 1. The predicted octanol–water partition coefficient (Wildman–Crippen LogP) is 5.90. The van der Waals surface area contributed by atoms with Crippen LogP contribution in [0.2, 0.25) is 0 Å². The van der Waals surface area contributed by atoms with Gasteiger partial charge in [0.05, 0.1) is 38.4 Å². The van der Waals surface area contributed by atoms with Crippen molar-refractivity contribution in [2.24, 2.45) is 28.1 Å². The first kappa shape index (κ1) is 27.9. The summed E-state index contributed by atoms with van der Waals surface area (Å²) in [5.74, 6) is -0.523. The Hall–Kier alpha value is -2.28. The fourth-order valence-corrected chi connectivity index (χ4v) is 9.40. The Morgan fingerprint density at radius 2 is 1.80 bits per heavy atom. The number of fused-ring (bicyclic) bond motifs is 4. The highest BCUT2D eigenvalue weighted by Crippen LogP contribution is 2.70. The molecule has 2 saturated heterocycles. The molecule has 1 saturated carbocycles. The summed E-state index contributed by atoms with van der Waals surface area (Å²) >= 11 is 0. The zero-order chi connectivity index (χ0) is 28.8. The molecule has 40 heavy (non-hydrogen) atoms. The van der Waals surface area contributed by atoms with Gasteiger partial charge in [-0.1, -0.05) is 77.5 Å². The molecule has 216 valence electrons. The van der Waals surface area contributed by atoms with Crippen molar-refractivity contribution >= 4 is 11.8 Å². The van der Waals surface area contributed by atoms with Gasteiger partial charge in [-0.15, -0.1) is 0 Å². The summed E-state index contributed by atoms with van der Waals surface area (Å²) in [5.41, 5.74) is 3.38. The molecule has 0 N–H and O–H groups in total. The molecule has 2 heterocycles. The van der Waals surface area contributed by atoms with Gasteiger partial charge in [0, 0.05) is 28.1 Å². The van der Waals surface area contributed by atoms with Crippen molar-refractivity contribution in [1.82, 2.24) is 0 Å². The van der Waals surface area contributed by atoms with Gasteiger partial charge in [0.1, 0.15) is 6.79 Å². The van der Waals surface area contributed by atoms with E-state index in [2.05, 4.69) is 72.7 Å². The van der Waals surface area contributed by atoms with E-state index in [0.29, 0.717) is 6.61 Å². The van der Waals surface area contributed by atoms with E-state index < -0.39 is 16.2 Å². The molecular formula is C34H44O6. The molecule has 6 heteroatoms. The zero-order valence-corrected chi connectivity index (χ0v) is 25.2. The van der Waals surface area contributed by atoms with Crippen molar-refractivity contribution in [3.05, 3.63) is 58.7 Å². The number of hydrogen-bond acceptors (Lipinski definition) is 6. The molecule has 6 nitrogen and oxygen atoms in total. The van der Waals surface area contributed by atoms with Crippen LogP contribution in [0.15, 0.2) is 47.6 Å². The monoisotopic (exact) mass is 548 g/mol. The number of carbonyl (C=O) groups excluding carboxylic acids is 2. The number of hydrogen-bond donors (Lipinski definition) is 0. The average molecular weight is 549 g/mol. The van der Waals surface area contributed by atoms with E-state index in [0.717, 1.165) is 6.42 Å². The minimum Gasteiger partial charge on any atom is -0.469 e. The van der Waals surface area contributed by atoms with E-state index in [1.807, 2.05) is 6.08 Å². The quantitative estimate of drug-likeness (QED) is 0.346. The number of benzene rings is 1. The highest BCUT2D eigenvalue weighted by atomic mass is 16.7. The highest BCUT2D eigenvalue weighted by molar-refractivity contribution is 5.97. The Balaban J connectivity index is 1.50. The van der Waals surface area contributed by atoms with Gasteiger partial charge in [-0.3, -0.25) is 9.59 Å². The summed E-state index contributed by atoms with van der Waals surface area (Å²) in [4.78, 5) is 27.1. The van der Waals surface area contributed by atoms with E-state index in [1.165, 1.54) is 29.4 Å². The molecule has 0 unspecified atom stereocenters. The minimum atomic E-state index is -0.848. The van der Waals surface area contributed by atoms with Gasteiger partial charge in [-0.25, -0.2) is 0 Å². The van der Waals surface area contributed by atoms with Crippen LogP contribution in [0, 0.1) is 28.1 Å². The van der Waals surface area contributed by atoms with Crippen molar-refractivity contribution in [3.63, 3.8) is 0 Å². The van der Waals surface area contributed by atoms with Gasteiger partial charge in [0.2, 0.25) is 0 Å². The molecule has 9 atom stereocenters. The number of ketones is 1. The van der Waals surface area contributed by atoms with E-state index >= 15 is 0 Å². The summed E-state index contributed by atoms with van der Waals surface area (Å²) < 4.78 is 24.7. The average Bonchev–Trinajstić information content (AvgIpc) is 3.32. The van der Waals surface area contributed by atoms with E-state index in [4.69, 9.17) is 18.9 Å². The SMILES string of the molecule is COC(=O)C[C@H]1[C@]2(C)C3=C(C)[C@H](c4ccc(C(C)(C)C)cc4)C[C@H]3O[C@@H]2[C@@H]2OCOC[C@]3(C)C=CC(=O)[C@@]1(C)[C@@H]23. The fourth-order valence-electron chi connectivity index (χ4n) is 9.40. The first-order chi connectivity index (χ1) is 18.8. The second-order valence-corrected chi connectivity index (χ2v) is 14.5. The Bertz CT molecular complexity index is 1290. The standard InChI is InChI=1S/C34H44O6/c1-19-22(20-9-11-21(12-10-20)31(2,3)4)15-23-27(19)34(7)24(16-26(36)37-8)33(6)25(35)13-14-32(5)17-38-18-39-28(29(32)33)30(34)40-23/h9-14,22-24,28-30H,15-18H2,1-8H3/t22-,23-,24-,28-,29+,30-,32+,33+,34-/m1/s1. The second-order valence-electron chi connectivity index (χ2n) is 14.5. The molecule has 0 radical (unpaired) electrons. The summed E-state index contributed by atoms with van der Waals surface area (Å²) in [7, 11) is 1.43. The Labute approximate surface area is 238 Å². The lowest BCUT2D eigenvalue weighted by Crippen LogP contribution is -2.68. The third-order valence-corrected chi connectivity index (χ3v) is 11.3. The maximum absolute atomic E-state index is 14.0. The summed E-state index contributed by atoms with van der Waals surface area (Å²) in [6, 6.07) is 9.00. The van der Waals surface area contributed by atoms with Crippen LogP contribution in [0.5, 0.6) is 0 Å². The Kier molecular flexibility index (Phi) is 6.35. The Morgan fingerprint density at radius 3 is 2.45 bits per heavy atom. The van der Waals surface area contributed by atoms with Crippen LogP contribution in [-0.2, 0) is 34.0 Å². The molecule has 0 spiro atoms. The van der Waals surface area contributed by atoms with Gasteiger partial charge in [0.25, 0.3) is 0 Å². The molecule has 2 aliphatic heterocycles. The summed E-state index contributed by atoms with van der Waals surface area (Å²) in [6.45, 7) is 16.0. The summed E-state index contributed by atoms with van der Waals surface area (Å²) in [6.07, 6.45) is 4.00. The molecule has 0 bridgehead atoms. The topological polar surface area (TPSA) is 71.1 Å². The van der Waals surface area contributed by atoms with Crippen LogP contribution in [-0.4, -0.2) is 50.6 Å². The number of carbonyl (C=O) groups is 2. The smallest absolute Gasteiger partial charge is 0.305 e. The Morgan fingerprint density at radius 1 is 1.10 bits per heavy atom. The highest BCUT2D eigenvalue weighted by Gasteiger charge is 2.74. The van der Waals surface area contributed by atoms with Crippen LogP contribution < -0.4 is 0 Å². The zero-order valence-electron chi connectivity index (χ0n) is 25.2. The molecule has 1 aromatic carbocycles. The number of ether oxygens (including phenoxy) is 4. The second kappa shape index (κ2) is 9.11. The number of rotatable bonds is 3. The lowest BCUT2D eigenvalue weighted by molar-refractivity contribution is -0.221. The van der Waals surface area contributed by atoms with Crippen LogP contribution in [0.25, 0.3) is 0 Å². The van der Waals surface area contributed by atoms with Gasteiger partial charge in [-0.2, -0.15) is 0 Å².